The average molecular weight is 467 g/mol. The Labute approximate surface area is 209 Å². The summed E-state index contributed by atoms with van der Waals surface area (Å²) in [5.74, 6) is 0. The Morgan fingerprint density at radius 1 is 0.486 bits per heavy atom. The van der Waals surface area contributed by atoms with Gasteiger partial charge in [0.1, 0.15) is 26.2 Å². The highest BCUT2D eigenvalue weighted by atomic mass is 15.0. The van der Waals surface area contributed by atoms with E-state index in [-0.39, 0.29) is 5.41 Å². The highest BCUT2D eigenvalue weighted by molar-refractivity contribution is 5.78. The van der Waals surface area contributed by atoms with Crippen molar-refractivity contribution in [2.24, 2.45) is 0 Å². The lowest BCUT2D eigenvalue weighted by molar-refractivity contribution is -0.708. The predicted molar refractivity (Wildman–Crippen MR) is 136 cm³/mol. The molecule has 1 aliphatic rings. The van der Waals surface area contributed by atoms with Crippen molar-refractivity contribution >= 4 is 0 Å². The summed E-state index contributed by atoms with van der Waals surface area (Å²) in [7, 11) is 0. The molecule has 1 aliphatic carbocycles. The lowest BCUT2D eigenvalue weighted by Crippen LogP contribution is -2.37. The second kappa shape index (κ2) is 10.5. The van der Waals surface area contributed by atoms with Gasteiger partial charge in [0, 0.05) is 78.6 Å². The quantitative estimate of drug-likeness (QED) is 0.247. The molecule has 0 saturated heterocycles. The number of aromatic nitrogens is 4. The minimum absolute atomic E-state index is 0.0243. The summed E-state index contributed by atoms with van der Waals surface area (Å²) in [6.45, 7) is 9.04. The van der Waals surface area contributed by atoms with Gasteiger partial charge in [-0.1, -0.05) is 26.0 Å². The number of hydrogen-bond acceptors (Lipinski definition) is 0. The largest absolute Gasteiger partial charge is 0.205 e. The minimum atomic E-state index is 0.0243. The van der Waals surface area contributed by atoms with Gasteiger partial charge in [-0.3, -0.25) is 0 Å². The summed E-state index contributed by atoms with van der Waals surface area (Å²) in [6.07, 6.45) is 22.7. The van der Waals surface area contributed by atoms with Crippen LogP contribution in [0.4, 0.5) is 0 Å². The Balaban J connectivity index is 1.20. The van der Waals surface area contributed by atoms with Crippen molar-refractivity contribution in [3.05, 3.63) is 109 Å². The van der Waals surface area contributed by atoms with Crippen LogP contribution in [0.2, 0.25) is 0 Å². The molecular weight excluding hydrogens is 428 g/mol. The van der Waals surface area contributed by atoms with Crippen LogP contribution >= 0.6 is 0 Å². The zero-order chi connectivity index (χ0) is 24.1. The highest BCUT2D eigenvalue weighted by Crippen LogP contribution is 2.47. The maximum atomic E-state index is 2.40. The van der Waals surface area contributed by atoms with Crippen molar-refractivity contribution in [1.29, 1.82) is 0 Å². The number of fused-ring (bicyclic) bond motifs is 3. The molecule has 0 aliphatic heterocycles. The lowest BCUT2D eigenvalue weighted by Gasteiger charge is -2.18. The van der Waals surface area contributed by atoms with Gasteiger partial charge >= 0.3 is 0 Å². The zero-order valence-corrected chi connectivity index (χ0v) is 21.2. The molecule has 0 radical (unpaired) electrons. The zero-order valence-electron chi connectivity index (χ0n) is 21.2. The van der Waals surface area contributed by atoms with Crippen LogP contribution in [0.1, 0.15) is 50.7 Å². The van der Waals surface area contributed by atoms with Crippen LogP contribution in [0.15, 0.2) is 98.1 Å². The van der Waals surface area contributed by atoms with Crippen LogP contribution in [0.3, 0.4) is 0 Å². The molecular formula is C31H38N4+4. The first-order chi connectivity index (χ1) is 17.1. The molecule has 0 bridgehead atoms. The van der Waals surface area contributed by atoms with E-state index in [1.807, 2.05) is 0 Å². The summed E-state index contributed by atoms with van der Waals surface area (Å²) < 4.78 is 9.31. The van der Waals surface area contributed by atoms with Gasteiger partial charge in [0.15, 0.2) is 49.6 Å². The van der Waals surface area contributed by atoms with Crippen LogP contribution in [-0.2, 0) is 31.6 Å². The third-order valence-corrected chi connectivity index (χ3v) is 7.39. The molecule has 0 aromatic carbocycles. The fraction of sp³-hybridized carbons (Fsp3) is 0.355. The molecule has 4 heterocycles. The van der Waals surface area contributed by atoms with E-state index in [2.05, 4.69) is 130 Å². The third-order valence-electron chi connectivity index (χ3n) is 7.39. The fourth-order valence-corrected chi connectivity index (χ4v) is 5.31. The van der Waals surface area contributed by atoms with Gasteiger partial charge in [-0.2, -0.15) is 0 Å². The summed E-state index contributed by atoms with van der Waals surface area (Å²) in [4.78, 5) is 0. The molecule has 4 heteroatoms. The number of hydrogen-bond donors (Lipinski definition) is 0. The van der Waals surface area contributed by atoms with E-state index in [0.29, 0.717) is 0 Å². The molecule has 0 amide bonds. The molecule has 0 unspecified atom stereocenters. The average Bonchev–Trinajstić information content (AvgIpc) is 3.12. The van der Waals surface area contributed by atoms with Crippen molar-refractivity contribution in [2.45, 2.75) is 71.1 Å². The van der Waals surface area contributed by atoms with Gasteiger partial charge < -0.3 is 0 Å². The molecule has 5 rings (SSSR count). The summed E-state index contributed by atoms with van der Waals surface area (Å²) in [5.41, 5.74) is 5.72. The summed E-state index contributed by atoms with van der Waals surface area (Å²) >= 11 is 0. The van der Waals surface area contributed by atoms with Gasteiger partial charge in [0.25, 0.3) is 0 Å². The monoisotopic (exact) mass is 466 g/mol. The topological polar surface area (TPSA) is 15.5 Å². The number of pyridine rings is 4. The normalized spacial score (nSPS) is 13.4. The smallest absolute Gasteiger partial charge is 0.173 e. The van der Waals surface area contributed by atoms with Gasteiger partial charge in [-0.25, -0.2) is 18.3 Å². The minimum Gasteiger partial charge on any atom is -0.205 e. The molecule has 4 aromatic heterocycles. The molecule has 178 valence electrons. The maximum absolute atomic E-state index is 2.40. The second-order valence-electron chi connectivity index (χ2n) is 10.3. The Morgan fingerprint density at radius 3 is 1.26 bits per heavy atom. The Hall–Kier alpha value is -3.40. The Kier molecular flexibility index (Phi) is 6.98. The van der Waals surface area contributed by atoms with E-state index in [1.165, 1.54) is 47.9 Å². The molecule has 0 saturated carbocycles. The van der Waals surface area contributed by atoms with Crippen LogP contribution in [0.5, 0.6) is 0 Å². The second-order valence-corrected chi connectivity index (χ2v) is 10.3. The van der Waals surface area contributed by atoms with Crippen molar-refractivity contribution in [1.82, 2.24) is 0 Å². The van der Waals surface area contributed by atoms with Crippen LogP contribution in [0, 0.1) is 0 Å². The van der Waals surface area contributed by atoms with E-state index in [9.17, 15) is 0 Å². The van der Waals surface area contributed by atoms with Crippen molar-refractivity contribution < 1.29 is 18.3 Å². The standard InChI is InChI=1S/C31H38N4/c1-31(2)29-25-34(21-11-9-19-32-15-5-3-6-16-32)23-13-27(29)28-14-24-35(26-30(28)31)22-12-10-20-33-17-7-4-8-18-33/h3-8,13-18,23-26H,9-12,19-22H2,1-2H3/q+4. The SMILES string of the molecule is CC1(C)c2c[n+](CCCC[n+]3ccccc3)ccc2-c2cc[n+](CCCC[n+]3ccccc3)cc21. The molecule has 0 N–H and O–H groups in total. The van der Waals surface area contributed by atoms with E-state index >= 15 is 0 Å². The van der Waals surface area contributed by atoms with Crippen LogP contribution in [-0.4, -0.2) is 0 Å². The summed E-state index contributed by atoms with van der Waals surface area (Å²) in [5, 5.41) is 0. The molecule has 4 aromatic rings. The van der Waals surface area contributed by atoms with Gasteiger partial charge in [-0.05, 0) is 11.1 Å². The fourth-order valence-electron chi connectivity index (χ4n) is 5.31. The van der Waals surface area contributed by atoms with Crippen molar-refractivity contribution in [2.75, 3.05) is 0 Å². The third kappa shape index (κ3) is 5.32. The predicted octanol–water partition coefficient (Wildman–Crippen LogP) is 4.10. The first kappa shape index (κ1) is 23.3. The lowest BCUT2D eigenvalue weighted by atomic mass is 9.84. The van der Waals surface area contributed by atoms with Gasteiger partial charge in [0.2, 0.25) is 0 Å². The first-order valence-electron chi connectivity index (χ1n) is 13.1. The highest BCUT2D eigenvalue weighted by Gasteiger charge is 2.39. The van der Waals surface area contributed by atoms with Crippen molar-refractivity contribution in [3.8, 4) is 11.1 Å². The van der Waals surface area contributed by atoms with E-state index in [0.717, 1.165) is 26.2 Å². The van der Waals surface area contributed by atoms with Gasteiger partial charge in [0.05, 0.1) is 0 Å². The van der Waals surface area contributed by atoms with Crippen LogP contribution in [0.25, 0.3) is 11.1 Å². The Morgan fingerprint density at radius 2 is 0.857 bits per heavy atom. The Bertz CT molecular complexity index is 1170. The number of unbranched alkanes of at least 4 members (excludes halogenated alkanes) is 2. The van der Waals surface area contributed by atoms with E-state index in [1.54, 1.807) is 0 Å². The van der Waals surface area contributed by atoms with Crippen LogP contribution < -0.4 is 18.3 Å². The van der Waals surface area contributed by atoms with E-state index in [4.69, 9.17) is 0 Å². The number of nitrogens with zero attached hydrogens (tertiary/aromatic N) is 4. The molecule has 0 atom stereocenters. The maximum Gasteiger partial charge on any atom is 0.173 e. The molecule has 35 heavy (non-hydrogen) atoms. The van der Waals surface area contributed by atoms with E-state index < -0.39 is 0 Å². The molecule has 4 nitrogen and oxygen atoms in total. The van der Waals surface area contributed by atoms with Gasteiger partial charge in [-0.15, -0.1) is 0 Å². The van der Waals surface area contributed by atoms with Crippen molar-refractivity contribution in [3.63, 3.8) is 0 Å². The molecule has 0 spiro atoms. The number of aryl methyl sites for hydroxylation is 4. The molecule has 0 fully saturated rings. The number of rotatable bonds is 10. The first-order valence-corrected chi connectivity index (χ1v) is 13.1. The summed E-state index contributed by atoms with van der Waals surface area (Å²) in [6, 6.07) is 17.2.